The normalized spacial score (nSPS) is 19.5. The predicted molar refractivity (Wildman–Crippen MR) is 132 cm³/mol. The maximum absolute atomic E-state index is 12.9. The molecule has 2 fully saturated rings. The Kier molecular flexibility index (Phi) is 7.82. The van der Waals surface area contributed by atoms with Gasteiger partial charge in [-0.05, 0) is 30.5 Å². The van der Waals surface area contributed by atoms with Crippen LogP contribution in [0.25, 0.3) is 11.4 Å². The Morgan fingerprint density at radius 3 is 2.66 bits per heavy atom. The molecule has 8 nitrogen and oxygen atoms in total. The number of carbonyl (C=O) groups is 1. The topological polar surface area (TPSA) is 83.7 Å². The number of morpholine rings is 1. The summed E-state index contributed by atoms with van der Waals surface area (Å²) in [6.45, 7) is 7.20. The highest BCUT2D eigenvalue weighted by molar-refractivity contribution is 5.79. The minimum Gasteiger partial charge on any atom is -0.379 e. The number of nitrogens with one attached hydrogen (secondary N) is 1. The Morgan fingerprint density at radius 2 is 1.80 bits per heavy atom. The third-order valence-electron chi connectivity index (χ3n) is 6.70. The van der Waals surface area contributed by atoms with Crippen LogP contribution in [0.15, 0.2) is 59.1 Å². The van der Waals surface area contributed by atoms with Crippen LogP contribution in [-0.2, 0) is 29.2 Å². The number of rotatable bonds is 8. The van der Waals surface area contributed by atoms with Crippen LogP contribution in [0.4, 0.5) is 0 Å². The van der Waals surface area contributed by atoms with Gasteiger partial charge in [0.25, 0.3) is 0 Å². The van der Waals surface area contributed by atoms with Crippen LogP contribution >= 0.6 is 0 Å². The van der Waals surface area contributed by atoms with Crippen LogP contribution in [-0.4, -0.2) is 65.2 Å². The first-order valence-electron chi connectivity index (χ1n) is 12.5. The fraction of sp³-hybridized carbons (Fsp3) is 0.444. The molecule has 1 unspecified atom stereocenters. The molecule has 2 aliphatic heterocycles. The van der Waals surface area contributed by atoms with Gasteiger partial charge in [0.05, 0.1) is 25.7 Å². The van der Waals surface area contributed by atoms with Crippen molar-refractivity contribution in [1.29, 1.82) is 0 Å². The number of hydrogen-bond acceptors (Lipinski definition) is 7. The minimum absolute atomic E-state index is 0.0307. The molecule has 8 heteroatoms. The van der Waals surface area contributed by atoms with E-state index in [-0.39, 0.29) is 11.8 Å². The third kappa shape index (κ3) is 6.54. The summed E-state index contributed by atoms with van der Waals surface area (Å²) in [6.07, 6.45) is 1.88. The van der Waals surface area contributed by atoms with Crippen molar-refractivity contribution in [1.82, 2.24) is 25.3 Å². The van der Waals surface area contributed by atoms with Gasteiger partial charge < -0.3 is 14.6 Å². The molecule has 3 heterocycles. The predicted octanol–water partition coefficient (Wildman–Crippen LogP) is 3.10. The van der Waals surface area contributed by atoms with E-state index in [1.165, 1.54) is 5.56 Å². The molecule has 0 spiro atoms. The molecule has 35 heavy (non-hydrogen) atoms. The van der Waals surface area contributed by atoms with Gasteiger partial charge in [-0.25, -0.2) is 0 Å². The third-order valence-corrected chi connectivity index (χ3v) is 6.70. The monoisotopic (exact) mass is 475 g/mol. The first-order valence-corrected chi connectivity index (χ1v) is 12.5. The lowest BCUT2D eigenvalue weighted by molar-refractivity contribution is -0.127. The van der Waals surface area contributed by atoms with Crippen molar-refractivity contribution in [2.75, 3.05) is 39.4 Å². The SMILES string of the molecule is O=C(NCc1cccc(CN2CCOCC2)c1)C1CCCN(Cc2nc(-c3ccccc3)no2)C1. The van der Waals surface area contributed by atoms with Gasteiger partial charge in [-0.15, -0.1) is 0 Å². The van der Waals surface area contributed by atoms with E-state index in [1.807, 2.05) is 30.3 Å². The standard InChI is InChI=1S/C27H33N5O3/c33-27(28-17-21-6-4-7-22(16-21)18-31-12-14-34-15-13-31)24-10-5-11-32(19-24)20-25-29-26(30-35-25)23-8-2-1-3-9-23/h1-4,6-9,16,24H,5,10-15,17-20H2,(H,28,33). The smallest absolute Gasteiger partial charge is 0.241 e. The largest absolute Gasteiger partial charge is 0.379 e. The molecule has 0 radical (unpaired) electrons. The molecule has 1 N–H and O–H groups in total. The van der Waals surface area contributed by atoms with Gasteiger partial charge in [-0.1, -0.05) is 59.8 Å². The molecule has 0 aliphatic carbocycles. The average molecular weight is 476 g/mol. The number of aromatic nitrogens is 2. The summed E-state index contributed by atoms with van der Waals surface area (Å²) >= 11 is 0. The van der Waals surface area contributed by atoms with Gasteiger partial charge >= 0.3 is 0 Å². The maximum Gasteiger partial charge on any atom is 0.241 e. The fourth-order valence-electron chi connectivity index (χ4n) is 4.82. The lowest BCUT2D eigenvalue weighted by Crippen LogP contribution is -2.42. The van der Waals surface area contributed by atoms with Gasteiger partial charge in [0, 0.05) is 38.3 Å². The van der Waals surface area contributed by atoms with E-state index in [0.717, 1.165) is 63.4 Å². The molecule has 1 atom stereocenters. The van der Waals surface area contributed by atoms with Gasteiger partial charge in [-0.3, -0.25) is 14.6 Å². The second-order valence-corrected chi connectivity index (χ2v) is 9.38. The zero-order chi connectivity index (χ0) is 23.9. The lowest BCUT2D eigenvalue weighted by Gasteiger charge is -2.30. The Labute approximate surface area is 206 Å². The van der Waals surface area contributed by atoms with E-state index in [4.69, 9.17) is 9.26 Å². The van der Waals surface area contributed by atoms with Crippen molar-refractivity contribution >= 4 is 5.91 Å². The van der Waals surface area contributed by atoms with E-state index in [1.54, 1.807) is 0 Å². The van der Waals surface area contributed by atoms with Crippen LogP contribution < -0.4 is 5.32 Å². The fourth-order valence-corrected chi connectivity index (χ4v) is 4.82. The molecular formula is C27H33N5O3. The average Bonchev–Trinajstić information content (AvgIpc) is 3.37. The first-order chi connectivity index (χ1) is 17.2. The van der Waals surface area contributed by atoms with Crippen LogP contribution in [0, 0.1) is 5.92 Å². The summed E-state index contributed by atoms with van der Waals surface area (Å²) in [5.74, 6) is 1.27. The minimum atomic E-state index is -0.0307. The second-order valence-electron chi connectivity index (χ2n) is 9.38. The summed E-state index contributed by atoms with van der Waals surface area (Å²) in [6, 6.07) is 18.3. The molecule has 3 aromatic rings. The highest BCUT2D eigenvalue weighted by Gasteiger charge is 2.27. The summed E-state index contributed by atoms with van der Waals surface area (Å²) in [4.78, 5) is 22.1. The van der Waals surface area contributed by atoms with Crippen molar-refractivity contribution in [2.24, 2.45) is 5.92 Å². The Hall–Kier alpha value is -3.07. The Balaban J connectivity index is 1.11. The summed E-state index contributed by atoms with van der Waals surface area (Å²) < 4.78 is 10.9. The molecule has 2 saturated heterocycles. The second kappa shape index (κ2) is 11.6. The van der Waals surface area contributed by atoms with Gasteiger partial charge in [0.1, 0.15) is 0 Å². The van der Waals surface area contributed by atoms with E-state index < -0.39 is 0 Å². The highest BCUT2D eigenvalue weighted by atomic mass is 16.5. The van der Waals surface area contributed by atoms with Crippen LogP contribution in [0.5, 0.6) is 0 Å². The van der Waals surface area contributed by atoms with E-state index in [2.05, 4.69) is 49.5 Å². The quantitative estimate of drug-likeness (QED) is 0.536. The molecule has 1 aromatic heterocycles. The summed E-state index contributed by atoms with van der Waals surface area (Å²) in [5.41, 5.74) is 3.35. The van der Waals surface area contributed by atoms with E-state index in [9.17, 15) is 4.79 Å². The van der Waals surface area contributed by atoms with Crippen molar-refractivity contribution in [3.05, 3.63) is 71.6 Å². The number of ether oxygens (including phenoxy) is 1. The zero-order valence-corrected chi connectivity index (χ0v) is 20.1. The highest BCUT2D eigenvalue weighted by Crippen LogP contribution is 2.20. The number of carbonyl (C=O) groups excluding carboxylic acids is 1. The van der Waals surface area contributed by atoms with Crippen molar-refractivity contribution < 1.29 is 14.1 Å². The Bertz CT molecular complexity index is 1100. The number of piperidine rings is 1. The summed E-state index contributed by atoms with van der Waals surface area (Å²) in [5, 5.41) is 7.27. The van der Waals surface area contributed by atoms with Crippen LogP contribution in [0.3, 0.4) is 0 Å². The van der Waals surface area contributed by atoms with Gasteiger partial charge in [0.2, 0.25) is 17.6 Å². The summed E-state index contributed by atoms with van der Waals surface area (Å²) in [7, 11) is 0. The van der Waals surface area contributed by atoms with Crippen molar-refractivity contribution in [2.45, 2.75) is 32.5 Å². The van der Waals surface area contributed by atoms with Crippen LogP contribution in [0.1, 0.15) is 29.9 Å². The number of amides is 1. The van der Waals surface area contributed by atoms with Gasteiger partial charge in [-0.2, -0.15) is 4.98 Å². The number of hydrogen-bond donors (Lipinski definition) is 1. The number of likely N-dealkylation sites (tertiary alicyclic amines) is 1. The lowest BCUT2D eigenvalue weighted by atomic mass is 9.97. The molecule has 2 aliphatic rings. The van der Waals surface area contributed by atoms with Crippen molar-refractivity contribution in [3.8, 4) is 11.4 Å². The van der Waals surface area contributed by atoms with Crippen LogP contribution in [0.2, 0.25) is 0 Å². The molecule has 1 amide bonds. The molecule has 2 aromatic carbocycles. The number of benzene rings is 2. The molecule has 5 rings (SSSR count). The van der Waals surface area contributed by atoms with Gasteiger partial charge in [0.15, 0.2) is 0 Å². The molecular weight excluding hydrogens is 442 g/mol. The van der Waals surface area contributed by atoms with Crippen molar-refractivity contribution in [3.63, 3.8) is 0 Å². The molecule has 0 saturated carbocycles. The molecule has 184 valence electrons. The number of nitrogens with zero attached hydrogens (tertiary/aromatic N) is 4. The first kappa shape index (κ1) is 23.7. The molecule has 0 bridgehead atoms. The Morgan fingerprint density at radius 1 is 0.971 bits per heavy atom. The zero-order valence-electron chi connectivity index (χ0n) is 20.1. The maximum atomic E-state index is 12.9. The van der Waals surface area contributed by atoms with E-state index >= 15 is 0 Å². The van der Waals surface area contributed by atoms with E-state index in [0.29, 0.717) is 31.3 Å².